The lowest BCUT2D eigenvalue weighted by molar-refractivity contribution is -0.133. The third kappa shape index (κ3) is 3.81. The molecule has 27 heavy (non-hydrogen) atoms. The van der Waals surface area contributed by atoms with Crippen molar-refractivity contribution in [3.63, 3.8) is 0 Å². The molecule has 1 aromatic heterocycles. The van der Waals surface area contributed by atoms with Crippen LogP contribution in [0.15, 0.2) is 46.9 Å². The summed E-state index contributed by atoms with van der Waals surface area (Å²) in [7, 11) is 1.48. The normalized spacial score (nSPS) is 10.8. The van der Waals surface area contributed by atoms with Gasteiger partial charge in [-0.05, 0) is 19.1 Å². The zero-order chi connectivity index (χ0) is 19.6. The minimum atomic E-state index is -0.865. The molecule has 0 aliphatic heterocycles. The summed E-state index contributed by atoms with van der Waals surface area (Å²) in [6.07, 6.45) is 0. The van der Waals surface area contributed by atoms with Crippen LogP contribution in [0.4, 0.5) is 8.78 Å². The average molecular weight is 373 g/mol. The number of carbonyl (C=O) groups excluding carboxylic acids is 2. The molecular weight excluding hydrogens is 356 g/mol. The van der Waals surface area contributed by atoms with Crippen LogP contribution in [0.25, 0.3) is 11.0 Å². The van der Waals surface area contributed by atoms with Gasteiger partial charge in [0.15, 0.2) is 18.0 Å². The number of halogens is 2. The standard InChI is InChI=1S/C20H17F2NO4/c1-12-14-7-5-9-16(22)19(14)27-18(12)20(25)26-11-17(24)23(2)10-13-6-3-4-8-15(13)21/h3-9H,10-11H2,1-2H3. The van der Waals surface area contributed by atoms with Gasteiger partial charge in [0.1, 0.15) is 5.82 Å². The summed E-state index contributed by atoms with van der Waals surface area (Å²) < 4.78 is 37.7. The Morgan fingerprint density at radius 1 is 1.07 bits per heavy atom. The van der Waals surface area contributed by atoms with Crippen molar-refractivity contribution in [1.82, 2.24) is 4.90 Å². The van der Waals surface area contributed by atoms with E-state index in [0.717, 1.165) is 0 Å². The number of likely N-dealkylation sites (N-methyl/N-ethyl adjacent to an activating group) is 1. The van der Waals surface area contributed by atoms with Crippen molar-refractivity contribution in [2.45, 2.75) is 13.5 Å². The smallest absolute Gasteiger partial charge is 0.375 e. The number of rotatable bonds is 5. The number of carbonyl (C=O) groups is 2. The van der Waals surface area contributed by atoms with E-state index in [2.05, 4.69) is 0 Å². The van der Waals surface area contributed by atoms with Gasteiger partial charge in [0.05, 0.1) is 0 Å². The van der Waals surface area contributed by atoms with Gasteiger partial charge in [-0.1, -0.05) is 30.3 Å². The van der Waals surface area contributed by atoms with E-state index in [-0.39, 0.29) is 17.9 Å². The Morgan fingerprint density at radius 2 is 1.78 bits per heavy atom. The summed E-state index contributed by atoms with van der Waals surface area (Å²) in [4.78, 5) is 25.6. The Labute approximate surface area is 154 Å². The highest BCUT2D eigenvalue weighted by molar-refractivity contribution is 5.96. The van der Waals surface area contributed by atoms with Crippen molar-refractivity contribution in [3.05, 3.63) is 71.0 Å². The summed E-state index contributed by atoms with van der Waals surface area (Å²) in [5.41, 5.74) is 0.745. The number of aryl methyl sites for hydroxylation is 1. The van der Waals surface area contributed by atoms with Crippen LogP contribution in [-0.2, 0) is 16.1 Å². The molecule has 140 valence electrons. The molecule has 1 amide bonds. The Balaban J connectivity index is 1.65. The molecule has 1 heterocycles. The predicted molar refractivity (Wildman–Crippen MR) is 94.1 cm³/mol. The first-order valence-corrected chi connectivity index (χ1v) is 8.20. The van der Waals surface area contributed by atoms with E-state index in [1.807, 2.05) is 0 Å². The first-order chi connectivity index (χ1) is 12.9. The zero-order valence-corrected chi connectivity index (χ0v) is 14.8. The highest BCUT2D eigenvalue weighted by Crippen LogP contribution is 2.27. The number of fused-ring (bicyclic) bond motifs is 1. The van der Waals surface area contributed by atoms with Crippen molar-refractivity contribution in [3.8, 4) is 0 Å². The van der Waals surface area contributed by atoms with Gasteiger partial charge in [-0.25, -0.2) is 13.6 Å². The van der Waals surface area contributed by atoms with Crippen LogP contribution in [0.2, 0.25) is 0 Å². The summed E-state index contributed by atoms with van der Waals surface area (Å²) in [6, 6.07) is 10.5. The second-order valence-corrected chi connectivity index (χ2v) is 6.09. The Kier molecular flexibility index (Phi) is 5.21. The van der Waals surface area contributed by atoms with E-state index in [1.165, 1.54) is 30.1 Å². The molecule has 3 rings (SSSR count). The first kappa shape index (κ1) is 18.6. The molecule has 0 bridgehead atoms. The third-order valence-electron chi connectivity index (χ3n) is 4.22. The predicted octanol–water partition coefficient (Wildman–Crippen LogP) is 3.83. The molecule has 0 aliphatic rings. The van der Waals surface area contributed by atoms with Gasteiger partial charge in [0, 0.05) is 30.1 Å². The first-order valence-electron chi connectivity index (χ1n) is 8.20. The van der Waals surface area contributed by atoms with Crippen molar-refractivity contribution in [1.29, 1.82) is 0 Å². The van der Waals surface area contributed by atoms with Crippen LogP contribution in [0.3, 0.4) is 0 Å². The van der Waals surface area contributed by atoms with E-state index < -0.39 is 30.1 Å². The largest absolute Gasteiger partial charge is 0.450 e. The molecule has 7 heteroatoms. The van der Waals surface area contributed by atoms with Gasteiger partial charge in [-0.3, -0.25) is 4.79 Å². The van der Waals surface area contributed by atoms with Crippen LogP contribution >= 0.6 is 0 Å². The molecule has 3 aromatic rings. The Hall–Kier alpha value is -3.22. The molecule has 0 unspecified atom stereocenters. The van der Waals surface area contributed by atoms with Gasteiger partial charge in [-0.15, -0.1) is 0 Å². The highest BCUT2D eigenvalue weighted by atomic mass is 19.1. The number of ether oxygens (including phenoxy) is 1. The summed E-state index contributed by atoms with van der Waals surface area (Å²) in [5.74, 6) is -2.54. The van der Waals surface area contributed by atoms with E-state index >= 15 is 0 Å². The number of esters is 1. The fraction of sp³-hybridized carbons (Fsp3) is 0.200. The number of benzene rings is 2. The van der Waals surface area contributed by atoms with E-state index in [1.54, 1.807) is 31.2 Å². The van der Waals surface area contributed by atoms with Crippen molar-refractivity contribution < 1.29 is 27.5 Å². The topological polar surface area (TPSA) is 59.8 Å². The van der Waals surface area contributed by atoms with Gasteiger partial charge in [0.25, 0.3) is 5.91 Å². The van der Waals surface area contributed by atoms with Crippen molar-refractivity contribution in [2.24, 2.45) is 0 Å². The Morgan fingerprint density at radius 3 is 2.48 bits per heavy atom. The Bertz CT molecular complexity index is 1010. The fourth-order valence-corrected chi connectivity index (χ4v) is 2.68. The molecule has 0 fully saturated rings. The maximum absolute atomic E-state index is 13.8. The number of amides is 1. The van der Waals surface area contributed by atoms with E-state index in [9.17, 15) is 18.4 Å². The van der Waals surface area contributed by atoms with Crippen molar-refractivity contribution in [2.75, 3.05) is 13.7 Å². The molecule has 0 saturated carbocycles. The second-order valence-electron chi connectivity index (χ2n) is 6.09. The van der Waals surface area contributed by atoms with Gasteiger partial charge >= 0.3 is 5.97 Å². The van der Waals surface area contributed by atoms with Gasteiger partial charge < -0.3 is 14.1 Å². The van der Waals surface area contributed by atoms with E-state index in [0.29, 0.717) is 16.5 Å². The monoisotopic (exact) mass is 373 g/mol. The maximum atomic E-state index is 13.8. The molecular formula is C20H17F2NO4. The second kappa shape index (κ2) is 7.57. The summed E-state index contributed by atoms with van der Waals surface area (Å²) in [6.45, 7) is 1.11. The minimum Gasteiger partial charge on any atom is -0.450 e. The zero-order valence-electron chi connectivity index (χ0n) is 14.8. The third-order valence-corrected chi connectivity index (χ3v) is 4.22. The number of para-hydroxylation sites is 1. The maximum Gasteiger partial charge on any atom is 0.375 e. The lowest BCUT2D eigenvalue weighted by Gasteiger charge is -2.17. The highest BCUT2D eigenvalue weighted by Gasteiger charge is 2.22. The molecule has 0 N–H and O–H groups in total. The SMILES string of the molecule is Cc1c(C(=O)OCC(=O)N(C)Cc2ccccc2F)oc2c(F)cccc12. The molecule has 0 aliphatic carbocycles. The van der Waals surface area contributed by atoms with Gasteiger partial charge in [0.2, 0.25) is 5.76 Å². The quantitative estimate of drug-likeness (QED) is 0.638. The molecule has 2 aromatic carbocycles. The van der Waals surface area contributed by atoms with Crippen molar-refractivity contribution >= 4 is 22.8 Å². The molecule has 0 spiro atoms. The van der Waals surface area contributed by atoms with Gasteiger partial charge in [-0.2, -0.15) is 0 Å². The number of furan rings is 1. The minimum absolute atomic E-state index is 0.0371. The molecule has 0 saturated heterocycles. The number of hydrogen-bond acceptors (Lipinski definition) is 4. The van der Waals surface area contributed by atoms with Crippen LogP contribution in [0.5, 0.6) is 0 Å². The summed E-state index contributed by atoms with van der Waals surface area (Å²) in [5, 5.41) is 0.463. The molecule has 0 atom stereocenters. The lowest BCUT2D eigenvalue weighted by Crippen LogP contribution is -2.31. The van der Waals surface area contributed by atoms with Crippen LogP contribution in [0.1, 0.15) is 21.7 Å². The molecule has 0 radical (unpaired) electrons. The van der Waals surface area contributed by atoms with Crippen LogP contribution < -0.4 is 0 Å². The fourth-order valence-electron chi connectivity index (χ4n) is 2.68. The average Bonchev–Trinajstić information content (AvgIpc) is 2.99. The van der Waals surface area contributed by atoms with E-state index in [4.69, 9.17) is 9.15 Å². The summed E-state index contributed by atoms with van der Waals surface area (Å²) >= 11 is 0. The lowest BCUT2D eigenvalue weighted by atomic mass is 10.1. The van der Waals surface area contributed by atoms with Crippen LogP contribution in [-0.4, -0.2) is 30.4 Å². The number of hydrogen-bond donors (Lipinski definition) is 0. The molecule has 5 nitrogen and oxygen atoms in total. The van der Waals surface area contributed by atoms with Crippen LogP contribution in [0, 0.1) is 18.6 Å². The number of nitrogens with zero attached hydrogens (tertiary/aromatic N) is 1.